The van der Waals surface area contributed by atoms with Gasteiger partial charge < -0.3 is 24.8 Å². The topological polar surface area (TPSA) is 120 Å². The zero-order valence-electron chi connectivity index (χ0n) is 25.2. The number of unbranched alkanes of at least 4 members (excludes halogenated alkanes) is 4. The fourth-order valence-corrected chi connectivity index (χ4v) is 4.38. The first-order chi connectivity index (χ1) is 20.7. The van der Waals surface area contributed by atoms with Gasteiger partial charge >= 0.3 is 5.97 Å². The van der Waals surface area contributed by atoms with Crippen molar-refractivity contribution in [3.05, 3.63) is 83.4 Å². The van der Waals surface area contributed by atoms with Crippen LogP contribution in [0.1, 0.15) is 79.2 Å². The third kappa shape index (κ3) is 10.6. The largest absolute Gasteiger partial charge is 0.494 e. The molecule has 2 N–H and O–H groups in total. The highest BCUT2D eigenvalue weighted by molar-refractivity contribution is 5.99. The molecule has 3 aromatic carbocycles. The van der Waals surface area contributed by atoms with E-state index in [1.807, 2.05) is 0 Å². The quantitative estimate of drug-likeness (QED) is 0.117. The minimum Gasteiger partial charge on any atom is -0.494 e. The number of ketones is 1. The molecule has 43 heavy (non-hydrogen) atoms. The molecule has 0 bridgehead atoms. The van der Waals surface area contributed by atoms with Gasteiger partial charge in [-0.2, -0.15) is 0 Å². The van der Waals surface area contributed by atoms with Crippen molar-refractivity contribution in [1.29, 1.82) is 0 Å². The van der Waals surface area contributed by atoms with E-state index in [1.54, 1.807) is 60.7 Å². The van der Waals surface area contributed by atoms with Crippen molar-refractivity contribution in [2.45, 2.75) is 65.3 Å². The van der Waals surface area contributed by atoms with Crippen LogP contribution in [-0.2, 0) is 16.0 Å². The highest BCUT2D eigenvalue weighted by Crippen LogP contribution is 2.30. The number of esters is 1. The van der Waals surface area contributed by atoms with Crippen molar-refractivity contribution in [2.75, 3.05) is 19.0 Å². The number of nitrogens with one attached hydrogen (secondary N) is 2. The smallest absolute Gasteiger partial charge is 0.343 e. The Kier molecular flexibility index (Phi) is 12.8. The Bertz CT molecular complexity index is 1400. The molecule has 3 rings (SSSR count). The summed E-state index contributed by atoms with van der Waals surface area (Å²) in [5.74, 6) is -0.256. The predicted molar refractivity (Wildman–Crippen MR) is 165 cm³/mol. The molecule has 0 aromatic heterocycles. The summed E-state index contributed by atoms with van der Waals surface area (Å²) in [6.45, 7) is 5.60. The number of benzene rings is 3. The summed E-state index contributed by atoms with van der Waals surface area (Å²) in [7, 11) is 1.46. The standard InChI is InChI=1S/C34H40N2O7/c1-5-6-7-8-9-19-42-29-16-14-26(15-17-29)34(40)43-31-18-13-25(21-32(31)41-4)20-30(23(2)37)36-33(39)27-11-10-12-28(22-27)35-24(3)38/h10-18,21-22,30H,5-9,19-20H2,1-4H3,(H,35,38)(H,36,39). The molecule has 9 nitrogen and oxygen atoms in total. The summed E-state index contributed by atoms with van der Waals surface area (Å²) < 4.78 is 16.8. The van der Waals surface area contributed by atoms with Crippen molar-refractivity contribution in [3.63, 3.8) is 0 Å². The maximum Gasteiger partial charge on any atom is 0.343 e. The average molecular weight is 589 g/mol. The molecule has 0 saturated heterocycles. The third-order valence-electron chi connectivity index (χ3n) is 6.72. The van der Waals surface area contributed by atoms with Crippen molar-refractivity contribution in [2.24, 2.45) is 0 Å². The van der Waals surface area contributed by atoms with Gasteiger partial charge in [-0.15, -0.1) is 0 Å². The molecule has 0 aliphatic carbocycles. The van der Waals surface area contributed by atoms with Crippen LogP contribution in [0.3, 0.4) is 0 Å². The van der Waals surface area contributed by atoms with Crippen molar-refractivity contribution >= 4 is 29.3 Å². The lowest BCUT2D eigenvalue weighted by atomic mass is 10.0. The zero-order valence-corrected chi connectivity index (χ0v) is 25.2. The maximum atomic E-state index is 12.9. The first-order valence-corrected chi connectivity index (χ1v) is 14.5. The summed E-state index contributed by atoms with van der Waals surface area (Å²) in [4.78, 5) is 49.4. The van der Waals surface area contributed by atoms with Gasteiger partial charge in [-0.25, -0.2) is 4.79 Å². The molecule has 0 spiro atoms. The summed E-state index contributed by atoms with van der Waals surface area (Å²) in [5.41, 5.74) is 1.84. The van der Waals surface area contributed by atoms with E-state index in [2.05, 4.69) is 17.6 Å². The van der Waals surface area contributed by atoms with Crippen LogP contribution in [0.25, 0.3) is 0 Å². The molecule has 0 heterocycles. The molecule has 0 saturated carbocycles. The fourth-order valence-electron chi connectivity index (χ4n) is 4.38. The lowest BCUT2D eigenvalue weighted by Crippen LogP contribution is -2.41. The number of anilines is 1. The SMILES string of the molecule is CCCCCCCOc1ccc(C(=O)Oc2ccc(CC(NC(=O)c3cccc(NC(C)=O)c3)C(C)=O)cc2OC)cc1. The molecule has 0 fully saturated rings. The van der Waals surface area contributed by atoms with Crippen LogP contribution >= 0.6 is 0 Å². The van der Waals surface area contributed by atoms with Crippen LogP contribution < -0.4 is 24.8 Å². The molecule has 3 aromatic rings. The fraction of sp³-hybridized carbons (Fsp3) is 0.353. The highest BCUT2D eigenvalue weighted by atomic mass is 16.6. The van der Waals surface area contributed by atoms with Crippen molar-refractivity contribution in [3.8, 4) is 17.2 Å². The van der Waals surface area contributed by atoms with E-state index in [0.717, 1.165) is 12.8 Å². The first-order valence-electron chi connectivity index (χ1n) is 14.5. The van der Waals surface area contributed by atoms with Gasteiger partial charge in [-0.1, -0.05) is 44.7 Å². The first kappa shape index (κ1) is 32.8. The van der Waals surface area contributed by atoms with Crippen LogP contribution in [0.5, 0.6) is 17.2 Å². The summed E-state index contributed by atoms with van der Waals surface area (Å²) in [6.07, 6.45) is 5.97. The van der Waals surface area contributed by atoms with E-state index in [9.17, 15) is 19.2 Å². The van der Waals surface area contributed by atoms with Crippen LogP contribution in [0, 0.1) is 0 Å². The Labute approximate surface area is 252 Å². The van der Waals surface area contributed by atoms with Crippen molar-refractivity contribution < 1.29 is 33.4 Å². The number of rotatable bonds is 16. The second kappa shape index (κ2) is 16.7. The maximum absolute atomic E-state index is 12.9. The highest BCUT2D eigenvalue weighted by Gasteiger charge is 2.21. The van der Waals surface area contributed by atoms with Gasteiger partial charge in [0.15, 0.2) is 17.3 Å². The zero-order chi connectivity index (χ0) is 31.2. The molecule has 228 valence electrons. The Morgan fingerprint density at radius 1 is 0.814 bits per heavy atom. The van der Waals surface area contributed by atoms with E-state index in [-0.39, 0.29) is 23.9 Å². The Morgan fingerprint density at radius 2 is 1.56 bits per heavy atom. The number of carbonyl (C=O) groups excluding carboxylic acids is 4. The van der Waals surface area contributed by atoms with Gasteiger partial charge in [0.05, 0.1) is 25.3 Å². The molecule has 1 atom stereocenters. The summed E-state index contributed by atoms with van der Waals surface area (Å²) in [6, 6.07) is 17.4. The van der Waals surface area contributed by atoms with Gasteiger partial charge in [0.2, 0.25) is 5.91 Å². The van der Waals surface area contributed by atoms with Gasteiger partial charge in [-0.3, -0.25) is 14.4 Å². The van der Waals surface area contributed by atoms with Gasteiger partial charge in [0.1, 0.15) is 5.75 Å². The number of amides is 2. The lowest BCUT2D eigenvalue weighted by molar-refractivity contribution is -0.118. The van der Waals surface area contributed by atoms with E-state index in [4.69, 9.17) is 14.2 Å². The number of ether oxygens (including phenoxy) is 3. The number of methoxy groups -OCH3 is 1. The lowest BCUT2D eigenvalue weighted by Gasteiger charge is -2.18. The number of carbonyl (C=O) groups is 4. The second-order valence-corrected chi connectivity index (χ2v) is 10.3. The Hall–Kier alpha value is -4.66. The molecule has 0 aliphatic heterocycles. The normalized spacial score (nSPS) is 11.3. The molecular formula is C34H40N2O7. The Balaban J connectivity index is 1.61. The van der Waals surface area contributed by atoms with E-state index in [0.29, 0.717) is 40.5 Å². The van der Waals surface area contributed by atoms with E-state index >= 15 is 0 Å². The molecule has 0 aliphatic rings. The summed E-state index contributed by atoms with van der Waals surface area (Å²) >= 11 is 0. The van der Waals surface area contributed by atoms with Gasteiger partial charge in [-0.05, 0) is 79.9 Å². The molecule has 1 unspecified atom stereocenters. The van der Waals surface area contributed by atoms with Crippen LogP contribution in [0.15, 0.2) is 66.7 Å². The van der Waals surface area contributed by atoms with Crippen molar-refractivity contribution in [1.82, 2.24) is 5.32 Å². The minimum absolute atomic E-state index is 0.192. The molecule has 2 amide bonds. The minimum atomic E-state index is -0.813. The third-order valence-corrected chi connectivity index (χ3v) is 6.72. The Morgan fingerprint density at radius 3 is 2.23 bits per heavy atom. The number of hydrogen-bond acceptors (Lipinski definition) is 7. The number of hydrogen-bond donors (Lipinski definition) is 2. The second-order valence-electron chi connectivity index (χ2n) is 10.3. The van der Waals surface area contributed by atoms with Crippen LogP contribution in [0.4, 0.5) is 5.69 Å². The summed E-state index contributed by atoms with van der Waals surface area (Å²) in [5, 5.41) is 5.39. The molecule has 9 heteroatoms. The van der Waals surface area contributed by atoms with E-state index < -0.39 is 17.9 Å². The van der Waals surface area contributed by atoms with Gasteiger partial charge in [0.25, 0.3) is 5.91 Å². The van der Waals surface area contributed by atoms with Gasteiger partial charge in [0, 0.05) is 18.2 Å². The average Bonchev–Trinajstić information content (AvgIpc) is 2.99. The predicted octanol–water partition coefficient (Wildman–Crippen LogP) is 6.15. The van der Waals surface area contributed by atoms with E-state index in [1.165, 1.54) is 46.3 Å². The molecular weight excluding hydrogens is 548 g/mol. The van der Waals surface area contributed by atoms with Crippen LogP contribution in [0.2, 0.25) is 0 Å². The monoisotopic (exact) mass is 588 g/mol. The van der Waals surface area contributed by atoms with Crippen LogP contribution in [-0.4, -0.2) is 43.3 Å². The molecule has 0 radical (unpaired) electrons. The number of Topliss-reactive ketones (excluding diaryl/α,β-unsaturated/α-hetero) is 1.